The van der Waals surface area contributed by atoms with Crippen LogP contribution >= 0.6 is 0 Å². The van der Waals surface area contributed by atoms with Gasteiger partial charge in [0.25, 0.3) is 15.9 Å². The molecule has 0 aliphatic heterocycles. The third-order valence-corrected chi connectivity index (χ3v) is 6.59. The number of ether oxygens (including phenoxy) is 1. The number of anilines is 1. The Labute approximate surface area is 200 Å². The van der Waals surface area contributed by atoms with Gasteiger partial charge in [-0.25, -0.2) is 18.2 Å². The van der Waals surface area contributed by atoms with Crippen LogP contribution in [0.1, 0.15) is 11.1 Å². The summed E-state index contributed by atoms with van der Waals surface area (Å²) in [6.07, 6.45) is 1.15. The minimum atomic E-state index is -4.30. The summed E-state index contributed by atoms with van der Waals surface area (Å²) in [5, 5.41) is 14.9. The normalized spacial score (nSPS) is 11.3. The van der Waals surface area contributed by atoms with Gasteiger partial charge in [0.1, 0.15) is 12.4 Å². The van der Waals surface area contributed by atoms with Crippen molar-refractivity contribution in [1.29, 1.82) is 0 Å². The molecule has 1 amide bonds. The number of nitro groups is 1. The monoisotopic (exact) mass is 500 g/mol. The van der Waals surface area contributed by atoms with Crippen LogP contribution in [0.3, 0.4) is 0 Å². The highest BCUT2D eigenvalue weighted by Crippen LogP contribution is 2.27. The number of sulfonamides is 1. The molecule has 0 spiro atoms. The molecule has 0 saturated heterocycles. The maximum atomic E-state index is 14.5. The van der Waals surface area contributed by atoms with Crippen molar-refractivity contribution in [3.8, 4) is 5.75 Å². The maximum absolute atomic E-state index is 14.5. The van der Waals surface area contributed by atoms with E-state index < -0.39 is 33.2 Å². The molecule has 3 aromatic rings. The van der Waals surface area contributed by atoms with E-state index in [-0.39, 0.29) is 27.6 Å². The number of rotatable bonds is 9. The van der Waals surface area contributed by atoms with Gasteiger partial charge in [-0.2, -0.15) is 5.10 Å². The van der Waals surface area contributed by atoms with Crippen molar-refractivity contribution in [2.45, 2.75) is 11.8 Å². The van der Waals surface area contributed by atoms with E-state index in [1.165, 1.54) is 55.6 Å². The number of carbonyl (C=O) groups is 1. The van der Waals surface area contributed by atoms with E-state index in [1.807, 2.05) is 0 Å². The molecule has 12 heteroatoms. The third-order valence-electron chi connectivity index (χ3n) is 4.82. The van der Waals surface area contributed by atoms with E-state index in [2.05, 4.69) is 10.5 Å². The molecule has 0 saturated carbocycles. The topological polar surface area (TPSA) is 131 Å². The van der Waals surface area contributed by atoms with Crippen LogP contribution in [-0.2, 0) is 14.8 Å². The summed E-state index contributed by atoms with van der Waals surface area (Å²) in [5.41, 5.74) is 2.67. The number of aryl methyl sites for hydroxylation is 1. The Morgan fingerprint density at radius 3 is 2.49 bits per heavy atom. The molecule has 0 unspecified atom stereocenters. The van der Waals surface area contributed by atoms with Crippen molar-refractivity contribution in [2.75, 3.05) is 18.0 Å². The summed E-state index contributed by atoms with van der Waals surface area (Å²) in [5.74, 6) is -1.63. The number of hydrogen-bond donors (Lipinski definition) is 1. The second-order valence-corrected chi connectivity index (χ2v) is 9.12. The van der Waals surface area contributed by atoms with Gasteiger partial charge in [0, 0.05) is 11.6 Å². The molecule has 35 heavy (non-hydrogen) atoms. The molecular weight excluding hydrogens is 479 g/mol. The predicted molar refractivity (Wildman–Crippen MR) is 127 cm³/mol. The number of halogens is 1. The van der Waals surface area contributed by atoms with Gasteiger partial charge in [-0.05, 0) is 43.3 Å². The summed E-state index contributed by atoms with van der Waals surface area (Å²) in [4.78, 5) is 23.0. The Hall–Kier alpha value is -4.32. The smallest absolute Gasteiger partial charge is 0.311 e. The lowest BCUT2D eigenvalue weighted by atomic mass is 10.2. The average molecular weight is 501 g/mol. The first-order valence-corrected chi connectivity index (χ1v) is 11.6. The standard InChI is InChI=1S/C23H21FN4O6S/c1-16-7-10-18(11-8-16)35(32,33)27(20-6-4-3-5-19(20)24)15-23(29)26-25-14-17-9-12-22(34-2)21(13-17)28(30)31/h3-14H,15H2,1-2H3,(H,26,29)/b25-14-. The van der Waals surface area contributed by atoms with Crippen molar-refractivity contribution in [3.05, 3.63) is 93.8 Å². The largest absolute Gasteiger partial charge is 0.490 e. The first-order chi connectivity index (χ1) is 16.6. The number of benzene rings is 3. The van der Waals surface area contributed by atoms with Crippen LogP contribution < -0.4 is 14.5 Å². The van der Waals surface area contributed by atoms with Gasteiger partial charge in [-0.15, -0.1) is 0 Å². The van der Waals surface area contributed by atoms with Crippen LogP contribution in [0.25, 0.3) is 0 Å². The number of hydrazone groups is 1. The fourth-order valence-corrected chi connectivity index (χ4v) is 4.49. The van der Waals surface area contributed by atoms with Gasteiger partial charge >= 0.3 is 5.69 Å². The fourth-order valence-electron chi connectivity index (χ4n) is 3.07. The number of nitro benzene ring substituents is 1. The number of nitrogens with zero attached hydrogens (tertiary/aromatic N) is 3. The maximum Gasteiger partial charge on any atom is 0.311 e. The summed E-state index contributed by atoms with van der Waals surface area (Å²) in [6.45, 7) is 1.02. The van der Waals surface area contributed by atoms with Gasteiger partial charge in [0.15, 0.2) is 5.75 Å². The minimum absolute atomic E-state index is 0.0537. The Kier molecular flexibility index (Phi) is 7.76. The van der Waals surface area contributed by atoms with Crippen LogP contribution in [0.4, 0.5) is 15.8 Å². The van der Waals surface area contributed by atoms with Crippen molar-refractivity contribution >= 4 is 33.5 Å². The van der Waals surface area contributed by atoms with E-state index in [0.29, 0.717) is 4.31 Å². The van der Waals surface area contributed by atoms with Crippen molar-refractivity contribution < 1.29 is 27.3 Å². The molecule has 10 nitrogen and oxygen atoms in total. The third kappa shape index (κ3) is 5.98. The van der Waals surface area contributed by atoms with Crippen molar-refractivity contribution in [3.63, 3.8) is 0 Å². The van der Waals surface area contributed by atoms with Gasteiger partial charge < -0.3 is 4.74 Å². The van der Waals surface area contributed by atoms with Crippen LogP contribution in [0.5, 0.6) is 5.75 Å². The molecule has 0 bridgehead atoms. The molecule has 0 aromatic heterocycles. The molecule has 0 fully saturated rings. The predicted octanol–water partition coefficient (Wildman–Crippen LogP) is 3.40. The minimum Gasteiger partial charge on any atom is -0.490 e. The van der Waals surface area contributed by atoms with E-state index in [1.54, 1.807) is 19.1 Å². The van der Waals surface area contributed by atoms with E-state index in [4.69, 9.17) is 4.74 Å². The number of amides is 1. The number of methoxy groups -OCH3 is 1. The van der Waals surface area contributed by atoms with Crippen LogP contribution in [0.15, 0.2) is 76.7 Å². The second kappa shape index (κ2) is 10.7. The molecule has 0 aliphatic carbocycles. The molecule has 0 radical (unpaired) electrons. The zero-order valence-corrected chi connectivity index (χ0v) is 19.5. The lowest BCUT2D eigenvalue weighted by molar-refractivity contribution is -0.385. The Balaban J connectivity index is 1.84. The quantitative estimate of drug-likeness (QED) is 0.272. The zero-order valence-electron chi connectivity index (χ0n) is 18.7. The number of hydrogen-bond acceptors (Lipinski definition) is 7. The first kappa shape index (κ1) is 25.3. The van der Waals surface area contributed by atoms with Crippen LogP contribution in [0, 0.1) is 22.9 Å². The summed E-state index contributed by atoms with van der Waals surface area (Å²) in [6, 6.07) is 15.1. The summed E-state index contributed by atoms with van der Waals surface area (Å²) in [7, 11) is -3.00. The van der Waals surface area contributed by atoms with E-state index in [0.717, 1.165) is 17.8 Å². The van der Waals surface area contributed by atoms with Crippen LogP contribution in [0.2, 0.25) is 0 Å². The van der Waals surface area contributed by atoms with Crippen molar-refractivity contribution in [1.82, 2.24) is 5.43 Å². The number of carbonyl (C=O) groups excluding carboxylic acids is 1. The molecule has 3 aromatic carbocycles. The SMILES string of the molecule is COc1ccc(/C=N\NC(=O)CN(c2ccccc2F)S(=O)(=O)c2ccc(C)cc2)cc1[N+](=O)[O-]. The number of para-hydroxylation sites is 1. The molecule has 0 aliphatic rings. The highest BCUT2D eigenvalue weighted by Gasteiger charge is 2.29. The van der Waals surface area contributed by atoms with Gasteiger partial charge in [-0.1, -0.05) is 29.8 Å². The molecule has 1 N–H and O–H groups in total. The zero-order chi connectivity index (χ0) is 25.6. The highest BCUT2D eigenvalue weighted by atomic mass is 32.2. The van der Waals surface area contributed by atoms with Crippen LogP contribution in [-0.4, -0.2) is 39.1 Å². The number of nitrogens with one attached hydrogen (secondary N) is 1. The van der Waals surface area contributed by atoms with Gasteiger partial charge in [-0.3, -0.25) is 19.2 Å². The lowest BCUT2D eigenvalue weighted by Crippen LogP contribution is -2.40. The second-order valence-electron chi connectivity index (χ2n) is 7.26. The molecule has 3 rings (SSSR count). The van der Waals surface area contributed by atoms with Gasteiger partial charge in [0.2, 0.25) is 0 Å². The summed E-state index contributed by atoms with van der Waals surface area (Å²) < 4.78 is 46.6. The Bertz CT molecular complexity index is 1380. The fraction of sp³-hybridized carbons (Fsp3) is 0.130. The first-order valence-electron chi connectivity index (χ1n) is 10.1. The van der Waals surface area contributed by atoms with E-state index in [9.17, 15) is 27.7 Å². The Morgan fingerprint density at radius 2 is 1.86 bits per heavy atom. The molecular formula is C23H21FN4O6S. The van der Waals surface area contributed by atoms with Crippen molar-refractivity contribution in [2.24, 2.45) is 5.10 Å². The van der Waals surface area contributed by atoms with E-state index >= 15 is 0 Å². The highest BCUT2D eigenvalue weighted by molar-refractivity contribution is 7.92. The molecule has 182 valence electrons. The molecule has 0 heterocycles. The Morgan fingerprint density at radius 1 is 1.17 bits per heavy atom. The summed E-state index contributed by atoms with van der Waals surface area (Å²) >= 11 is 0. The lowest BCUT2D eigenvalue weighted by Gasteiger charge is -2.24. The average Bonchev–Trinajstić information content (AvgIpc) is 2.83. The molecule has 0 atom stereocenters. The van der Waals surface area contributed by atoms with Gasteiger partial charge in [0.05, 0.1) is 28.8 Å².